The minimum Gasteiger partial charge on any atom is -0.478 e. The molecule has 1 aromatic carbocycles. The van der Waals surface area contributed by atoms with Gasteiger partial charge in [-0.3, -0.25) is 0 Å². The Morgan fingerprint density at radius 1 is 1.27 bits per heavy atom. The van der Waals surface area contributed by atoms with E-state index in [2.05, 4.69) is 4.74 Å². The Kier molecular flexibility index (Phi) is 3.84. The van der Waals surface area contributed by atoms with Crippen molar-refractivity contribution in [2.24, 2.45) is 0 Å². The molecule has 1 aliphatic heterocycles. The topological polar surface area (TPSA) is 46.5 Å². The molecule has 0 radical (unpaired) electrons. The lowest BCUT2D eigenvalue weighted by Gasteiger charge is -2.28. The van der Waals surface area contributed by atoms with E-state index in [1.807, 2.05) is 19.6 Å². The van der Waals surface area contributed by atoms with E-state index in [1.54, 1.807) is 0 Å². The van der Waals surface area contributed by atoms with Gasteiger partial charge in [-0.05, 0) is 12.1 Å². The molecule has 0 amide bonds. The van der Waals surface area contributed by atoms with Crippen molar-refractivity contribution in [1.29, 1.82) is 0 Å². The van der Waals surface area contributed by atoms with Gasteiger partial charge in [-0.2, -0.15) is 13.2 Å². The summed E-state index contributed by atoms with van der Waals surface area (Å²) in [7, 11) is -1.92. The second-order valence-electron chi connectivity index (χ2n) is 6.07. The van der Waals surface area contributed by atoms with E-state index in [1.165, 1.54) is 6.07 Å². The van der Waals surface area contributed by atoms with Gasteiger partial charge in [0.1, 0.15) is 0 Å². The Morgan fingerprint density at radius 3 is 2.32 bits per heavy atom. The molecule has 120 valence electrons. The number of carboxylic acid groups (broad SMARTS) is 1. The first-order valence-electron chi connectivity index (χ1n) is 6.43. The number of hydrogen-bond donors (Lipinski definition) is 1. The van der Waals surface area contributed by atoms with Crippen LogP contribution >= 0.6 is 0 Å². The monoisotopic (exact) mass is 334 g/mol. The van der Waals surface area contributed by atoms with Crippen molar-refractivity contribution in [3.05, 3.63) is 29.1 Å². The van der Waals surface area contributed by atoms with E-state index in [0.29, 0.717) is 5.19 Å². The average molecular weight is 334 g/mol. The van der Waals surface area contributed by atoms with Crippen LogP contribution in [0.25, 0.3) is 6.08 Å². The quantitative estimate of drug-likeness (QED) is 0.667. The first-order chi connectivity index (χ1) is 9.91. The highest BCUT2D eigenvalue weighted by molar-refractivity contribution is 6.88. The van der Waals surface area contributed by atoms with Crippen LogP contribution in [-0.2, 0) is 4.79 Å². The van der Waals surface area contributed by atoms with E-state index >= 15 is 0 Å². The Morgan fingerprint density at radius 2 is 1.86 bits per heavy atom. The fraction of sp³-hybridized carbons (Fsp3) is 0.357. The molecule has 0 saturated carbocycles. The third-order valence-electron chi connectivity index (χ3n) is 3.31. The van der Waals surface area contributed by atoms with Crippen molar-refractivity contribution in [3.63, 3.8) is 0 Å². The molecule has 1 N–H and O–H groups in total. The van der Waals surface area contributed by atoms with Crippen LogP contribution < -0.4 is 9.92 Å². The van der Waals surface area contributed by atoms with Crippen LogP contribution in [0.2, 0.25) is 19.6 Å². The van der Waals surface area contributed by atoms with Gasteiger partial charge in [-0.25, -0.2) is 9.18 Å². The number of halogens is 4. The van der Waals surface area contributed by atoms with Crippen LogP contribution in [-0.4, -0.2) is 31.4 Å². The van der Waals surface area contributed by atoms with Gasteiger partial charge in [0, 0.05) is 5.56 Å². The van der Waals surface area contributed by atoms with E-state index in [4.69, 9.17) is 5.11 Å². The first kappa shape index (κ1) is 16.5. The van der Waals surface area contributed by atoms with Crippen molar-refractivity contribution in [3.8, 4) is 5.75 Å². The second kappa shape index (κ2) is 5.11. The minimum absolute atomic E-state index is 0.0234. The third-order valence-corrected chi connectivity index (χ3v) is 5.33. The summed E-state index contributed by atoms with van der Waals surface area (Å²) in [6, 6.07) is 2.66. The van der Waals surface area contributed by atoms with E-state index in [-0.39, 0.29) is 5.56 Å². The normalized spacial score (nSPS) is 18.3. The van der Waals surface area contributed by atoms with Crippen LogP contribution in [0.15, 0.2) is 17.7 Å². The number of benzene rings is 1. The highest BCUT2D eigenvalue weighted by Gasteiger charge is 2.49. The van der Waals surface area contributed by atoms with Crippen molar-refractivity contribution >= 4 is 25.3 Å². The first-order valence-corrected chi connectivity index (χ1v) is 9.93. The Labute approximate surface area is 125 Å². The maximum absolute atomic E-state index is 14.1. The zero-order valence-electron chi connectivity index (χ0n) is 12.1. The van der Waals surface area contributed by atoms with Crippen molar-refractivity contribution < 1.29 is 32.2 Å². The molecule has 0 aliphatic carbocycles. The van der Waals surface area contributed by atoms with Gasteiger partial charge in [-0.15, -0.1) is 0 Å². The number of aliphatic carboxylic acids is 1. The van der Waals surface area contributed by atoms with Gasteiger partial charge >= 0.3 is 12.1 Å². The maximum Gasteiger partial charge on any atom is 0.430 e. The van der Waals surface area contributed by atoms with Crippen molar-refractivity contribution in [2.45, 2.75) is 31.9 Å². The van der Waals surface area contributed by atoms with Gasteiger partial charge in [0.2, 0.25) is 6.10 Å². The lowest BCUT2D eigenvalue weighted by atomic mass is 10.0. The summed E-state index contributed by atoms with van der Waals surface area (Å²) >= 11 is 0. The molecule has 0 fully saturated rings. The van der Waals surface area contributed by atoms with Crippen molar-refractivity contribution in [2.75, 3.05) is 0 Å². The Hall–Kier alpha value is -1.83. The average Bonchev–Trinajstić information content (AvgIpc) is 2.34. The van der Waals surface area contributed by atoms with Crippen molar-refractivity contribution in [1.82, 2.24) is 0 Å². The maximum atomic E-state index is 14.1. The van der Waals surface area contributed by atoms with E-state index in [0.717, 1.165) is 12.1 Å². The van der Waals surface area contributed by atoms with Gasteiger partial charge in [0.15, 0.2) is 11.6 Å². The number of ether oxygens (including phenoxy) is 1. The molecule has 0 aromatic heterocycles. The number of hydrogen-bond acceptors (Lipinski definition) is 2. The molecule has 1 aliphatic rings. The Bertz CT molecular complexity index is 659. The number of alkyl halides is 3. The summed E-state index contributed by atoms with van der Waals surface area (Å²) in [5, 5.41) is 9.63. The number of rotatable bonds is 2. The highest BCUT2D eigenvalue weighted by atomic mass is 28.3. The summed E-state index contributed by atoms with van der Waals surface area (Å²) < 4.78 is 57.4. The molecular weight excluding hydrogens is 320 g/mol. The van der Waals surface area contributed by atoms with Crippen LogP contribution in [0.5, 0.6) is 5.75 Å². The molecule has 2 rings (SSSR count). The van der Waals surface area contributed by atoms with Gasteiger partial charge in [0.05, 0.1) is 13.6 Å². The molecule has 0 bridgehead atoms. The molecule has 3 nitrogen and oxygen atoms in total. The minimum atomic E-state index is -4.94. The Balaban J connectivity index is 2.64. The molecule has 22 heavy (non-hydrogen) atoms. The van der Waals surface area contributed by atoms with Gasteiger partial charge in [-0.1, -0.05) is 30.9 Å². The molecule has 1 aromatic rings. The lowest BCUT2D eigenvalue weighted by Crippen LogP contribution is -2.42. The molecular formula is C14H14F4O3Si. The number of carbonyl (C=O) groups is 1. The predicted octanol–water partition coefficient (Wildman–Crippen LogP) is 3.16. The molecule has 0 spiro atoms. The van der Waals surface area contributed by atoms with Gasteiger partial charge in [0.25, 0.3) is 0 Å². The third kappa shape index (κ3) is 3.01. The van der Waals surface area contributed by atoms with Crippen LogP contribution in [0, 0.1) is 5.82 Å². The van der Waals surface area contributed by atoms with E-state index in [9.17, 15) is 22.4 Å². The summed E-state index contributed by atoms with van der Waals surface area (Å²) in [6.45, 7) is 5.83. The van der Waals surface area contributed by atoms with Gasteiger partial charge < -0.3 is 9.84 Å². The summed E-state index contributed by atoms with van der Waals surface area (Å²) in [4.78, 5) is 11.1. The second-order valence-corrected chi connectivity index (χ2v) is 11.1. The zero-order chi connectivity index (χ0) is 16.9. The molecule has 8 heteroatoms. The molecule has 1 atom stereocenters. The van der Waals surface area contributed by atoms with Crippen LogP contribution in [0.1, 0.15) is 5.56 Å². The fourth-order valence-electron chi connectivity index (χ4n) is 2.12. The van der Waals surface area contributed by atoms with Crippen LogP contribution in [0.4, 0.5) is 17.6 Å². The fourth-order valence-corrected chi connectivity index (χ4v) is 3.27. The zero-order valence-corrected chi connectivity index (χ0v) is 13.1. The summed E-state index contributed by atoms with van der Waals surface area (Å²) in [5.74, 6) is -3.22. The number of carboxylic acids is 1. The lowest BCUT2D eigenvalue weighted by molar-refractivity contribution is -0.187. The molecule has 1 heterocycles. The molecule has 0 saturated heterocycles. The number of fused-ring (bicyclic) bond motifs is 1. The largest absolute Gasteiger partial charge is 0.478 e. The summed E-state index contributed by atoms with van der Waals surface area (Å²) in [5.41, 5.74) is -0.928. The SMILES string of the molecule is C[Si](C)(C)c1cc(F)c2c(c1)C=C(C(=O)O)C(C(F)(F)F)O2. The standard InChI is InChI=1S/C14H14F4O3Si/c1-22(2,3)8-4-7-5-9(13(19)20)12(14(16,17)18)21-11(7)10(15)6-8/h4-6,12H,1-3H3,(H,19,20). The predicted molar refractivity (Wildman–Crippen MR) is 75.5 cm³/mol. The smallest absolute Gasteiger partial charge is 0.430 e. The van der Waals surface area contributed by atoms with E-state index < -0.39 is 43.5 Å². The molecule has 1 unspecified atom stereocenters. The van der Waals surface area contributed by atoms with Crippen LogP contribution in [0.3, 0.4) is 0 Å². The summed E-state index contributed by atoms with van der Waals surface area (Å²) in [6.07, 6.45) is -6.78. The highest BCUT2D eigenvalue weighted by Crippen LogP contribution is 2.38.